The Morgan fingerprint density at radius 1 is 1.30 bits per heavy atom. The van der Waals surface area contributed by atoms with Crippen LogP contribution in [-0.2, 0) is 4.79 Å². The summed E-state index contributed by atoms with van der Waals surface area (Å²) in [7, 11) is 3.27. The van der Waals surface area contributed by atoms with E-state index >= 15 is 0 Å². The molecule has 1 heterocycles. The quantitative estimate of drug-likeness (QED) is 0.866. The molecular formula is C15H21NO4. The topological polar surface area (TPSA) is 59.0 Å². The lowest BCUT2D eigenvalue weighted by atomic mass is 10.0. The minimum atomic E-state index is -0.716. The van der Waals surface area contributed by atoms with Crippen molar-refractivity contribution in [2.24, 2.45) is 5.92 Å². The van der Waals surface area contributed by atoms with Crippen molar-refractivity contribution >= 4 is 11.7 Å². The average Bonchev–Trinajstić information content (AvgIpc) is 2.93. The fourth-order valence-electron chi connectivity index (χ4n) is 2.61. The Kier molecular flexibility index (Phi) is 4.71. The van der Waals surface area contributed by atoms with Crippen LogP contribution in [0.1, 0.15) is 19.3 Å². The Labute approximate surface area is 119 Å². The van der Waals surface area contributed by atoms with E-state index in [-0.39, 0.29) is 6.42 Å². The molecule has 0 aliphatic carbocycles. The number of methoxy groups -OCH3 is 2. The Morgan fingerprint density at radius 3 is 2.50 bits per heavy atom. The standard InChI is InChI=1S/C15H21NO4/c1-19-13-7-12(8-14(9-13)20-2)16-6-5-11(10-16)3-4-15(17)18/h7-9,11H,3-6,10H2,1-2H3,(H,17,18). The lowest BCUT2D eigenvalue weighted by molar-refractivity contribution is -0.137. The van der Waals surface area contributed by atoms with Crippen LogP contribution in [0.4, 0.5) is 5.69 Å². The molecule has 1 fully saturated rings. The van der Waals surface area contributed by atoms with Crippen molar-refractivity contribution < 1.29 is 19.4 Å². The summed E-state index contributed by atoms with van der Waals surface area (Å²) in [6.07, 6.45) is 2.03. The molecule has 0 saturated carbocycles. The van der Waals surface area contributed by atoms with Crippen LogP contribution in [0.2, 0.25) is 0 Å². The van der Waals surface area contributed by atoms with Crippen molar-refractivity contribution in [2.45, 2.75) is 19.3 Å². The summed E-state index contributed by atoms with van der Waals surface area (Å²) in [4.78, 5) is 12.9. The van der Waals surface area contributed by atoms with Gasteiger partial charge in [-0.25, -0.2) is 0 Å². The molecule has 1 aliphatic heterocycles. The molecule has 1 N–H and O–H groups in total. The van der Waals surface area contributed by atoms with Crippen molar-refractivity contribution in [3.63, 3.8) is 0 Å². The summed E-state index contributed by atoms with van der Waals surface area (Å²) in [6, 6.07) is 5.83. The van der Waals surface area contributed by atoms with Crippen molar-refractivity contribution in [1.82, 2.24) is 0 Å². The smallest absolute Gasteiger partial charge is 0.303 e. The van der Waals surface area contributed by atoms with Gasteiger partial charge in [-0.3, -0.25) is 4.79 Å². The van der Waals surface area contributed by atoms with E-state index in [9.17, 15) is 4.79 Å². The zero-order valence-electron chi connectivity index (χ0n) is 12.0. The van der Waals surface area contributed by atoms with Crippen molar-refractivity contribution in [3.05, 3.63) is 18.2 Å². The average molecular weight is 279 g/mol. The number of carboxylic acids is 1. The molecular weight excluding hydrogens is 258 g/mol. The summed E-state index contributed by atoms with van der Waals surface area (Å²) in [5.41, 5.74) is 1.07. The number of ether oxygens (including phenoxy) is 2. The van der Waals surface area contributed by atoms with Crippen LogP contribution in [-0.4, -0.2) is 38.4 Å². The number of carbonyl (C=O) groups is 1. The minimum Gasteiger partial charge on any atom is -0.497 e. The maximum atomic E-state index is 10.6. The van der Waals surface area contributed by atoms with Crippen molar-refractivity contribution in [2.75, 3.05) is 32.2 Å². The number of anilines is 1. The first kappa shape index (κ1) is 14.5. The van der Waals surface area contributed by atoms with E-state index in [2.05, 4.69) is 4.90 Å². The molecule has 1 aliphatic rings. The molecule has 2 rings (SSSR count). The van der Waals surface area contributed by atoms with E-state index in [1.807, 2.05) is 18.2 Å². The van der Waals surface area contributed by atoms with Crippen molar-refractivity contribution in [3.8, 4) is 11.5 Å². The number of hydrogen-bond acceptors (Lipinski definition) is 4. The van der Waals surface area contributed by atoms with Crippen LogP contribution < -0.4 is 14.4 Å². The zero-order valence-corrected chi connectivity index (χ0v) is 12.0. The van der Waals surface area contributed by atoms with Crippen molar-refractivity contribution in [1.29, 1.82) is 0 Å². The fraction of sp³-hybridized carbons (Fsp3) is 0.533. The number of benzene rings is 1. The summed E-state index contributed by atoms with van der Waals surface area (Å²) < 4.78 is 10.6. The van der Waals surface area contributed by atoms with E-state index in [0.29, 0.717) is 5.92 Å². The van der Waals surface area contributed by atoms with E-state index in [1.165, 1.54) is 0 Å². The zero-order chi connectivity index (χ0) is 14.5. The molecule has 0 radical (unpaired) electrons. The molecule has 0 aromatic heterocycles. The number of carboxylic acid groups (broad SMARTS) is 1. The van der Waals surface area contributed by atoms with Gasteiger partial charge in [0.2, 0.25) is 0 Å². The Bertz CT molecular complexity index is 453. The monoisotopic (exact) mass is 279 g/mol. The third-order valence-corrected chi connectivity index (χ3v) is 3.75. The van der Waals surface area contributed by atoms with E-state index in [1.54, 1.807) is 14.2 Å². The second-order valence-electron chi connectivity index (χ2n) is 5.10. The van der Waals surface area contributed by atoms with Gasteiger partial charge in [0.25, 0.3) is 0 Å². The highest BCUT2D eigenvalue weighted by Crippen LogP contribution is 2.32. The fourth-order valence-corrected chi connectivity index (χ4v) is 2.61. The molecule has 5 heteroatoms. The van der Waals surface area contributed by atoms with Crippen LogP contribution in [0.5, 0.6) is 11.5 Å². The molecule has 20 heavy (non-hydrogen) atoms. The second-order valence-corrected chi connectivity index (χ2v) is 5.10. The molecule has 1 atom stereocenters. The molecule has 5 nitrogen and oxygen atoms in total. The third-order valence-electron chi connectivity index (χ3n) is 3.75. The van der Waals surface area contributed by atoms with Crippen LogP contribution >= 0.6 is 0 Å². The van der Waals surface area contributed by atoms with E-state index < -0.39 is 5.97 Å². The van der Waals surface area contributed by atoms with Gasteiger partial charge in [0.05, 0.1) is 14.2 Å². The molecule has 0 bridgehead atoms. The number of aliphatic carboxylic acids is 1. The van der Waals surface area contributed by atoms with Gasteiger partial charge in [-0.15, -0.1) is 0 Å². The highest BCUT2D eigenvalue weighted by Gasteiger charge is 2.23. The number of rotatable bonds is 6. The van der Waals surface area contributed by atoms with Gasteiger partial charge in [0, 0.05) is 43.4 Å². The summed E-state index contributed by atoms with van der Waals surface area (Å²) in [5, 5.41) is 8.75. The van der Waals surface area contributed by atoms with Gasteiger partial charge in [-0.05, 0) is 18.8 Å². The van der Waals surface area contributed by atoms with Gasteiger partial charge in [0.1, 0.15) is 11.5 Å². The highest BCUT2D eigenvalue weighted by molar-refractivity contribution is 5.66. The third kappa shape index (κ3) is 3.56. The molecule has 1 saturated heterocycles. The van der Waals surface area contributed by atoms with Crippen LogP contribution in [0.15, 0.2) is 18.2 Å². The van der Waals surface area contributed by atoms with E-state index in [4.69, 9.17) is 14.6 Å². The van der Waals surface area contributed by atoms with Crippen LogP contribution in [0, 0.1) is 5.92 Å². The van der Waals surface area contributed by atoms with Gasteiger partial charge in [0.15, 0.2) is 0 Å². The lowest BCUT2D eigenvalue weighted by Crippen LogP contribution is -2.19. The first-order valence-corrected chi connectivity index (χ1v) is 6.82. The molecule has 0 spiro atoms. The van der Waals surface area contributed by atoms with Crippen LogP contribution in [0.25, 0.3) is 0 Å². The Morgan fingerprint density at radius 2 is 1.95 bits per heavy atom. The maximum absolute atomic E-state index is 10.6. The summed E-state index contributed by atoms with van der Waals surface area (Å²) in [5.74, 6) is 1.27. The Hall–Kier alpha value is -1.91. The van der Waals surface area contributed by atoms with Gasteiger partial charge in [-0.2, -0.15) is 0 Å². The normalized spacial score (nSPS) is 18.1. The molecule has 1 aromatic carbocycles. The predicted octanol–water partition coefficient (Wildman–Crippen LogP) is 2.39. The second kappa shape index (κ2) is 6.50. The first-order chi connectivity index (χ1) is 9.62. The van der Waals surface area contributed by atoms with Gasteiger partial charge < -0.3 is 19.5 Å². The molecule has 0 amide bonds. The van der Waals surface area contributed by atoms with E-state index in [0.717, 1.165) is 43.1 Å². The van der Waals surface area contributed by atoms with Gasteiger partial charge >= 0.3 is 5.97 Å². The molecule has 1 aromatic rings. The lowest BCUT2D eigenvalue weighted by Gasteiger charge is -2.20. The maximum Gasteiger partial charge on any atom is 0.303 e. The highest BCUT2D eigenvalue weighted by atomic mass is 16.5. The largest absolute Gasteiger partial charge is 0.497 e. The first-order valence-electron chi connectivity index (χ1n) is 6.82. The van der Waals surface area contributed by atoms with Crippen LogP contribution in [0.3, 0.4) is 0 Å². The van der Waals surface area contributed by atoms with Gasteiger partial charge in [-0.1, -0.05) is 0 Å². The predicted molar refractivity (Wildman–Crippen MR) is 76.7 cm³/mol. The number of hydrogen-bond donors (Lipinski definition) is 1. The SMILES string of the molecule is COc1cc(OC)cc(N2CCC(CCC(=O)O)C2)c1. The number of nitrogens with zero attached hydrogens (tertiary/aromatic N) is 1. The minimum absolute atomic E-state index is 0.250. The summed E-state index contributed by atoms with van der Waals surface area (Å²) in [6.45, 7) is 1.84. The Balaban J connectivity index is 2.03. The molecule has 110 valence electrons. The molecule has 1 unspecified atom stereocenters. The summed E-state index contributed by atoms with van der Waals surface area (Å²) >= 11 is 0.